The minimum absolute atomic E-state index is 0.124. The number of alkyl halides is 3. The van der Waals surface area contributed by atoms with E-state index in [-0.39, 0.29) is 16.9 Å². The fraction of sp³-hybridized carbons (Fsp3) is 0.333. The third-order valence-electron chi connectivity index (χ3n) is 5.87. The molecule has 1 fully saturated rings. The van der Waals surface area contributed by atoms with Gasteiger partial charge in [0.1, 0.15) is 4.21 Å². The topological polar surface area (TPSA) is 49.9 Å². The Morgan fingerprint density at radius 2 is 1.56 bits per heavy atom. The van der Waals surface area contributed by atoms with E-state index in [9.17, 15) is 21.6 Å². The van der Waals surface area contributed by atoms with Gasteiger partial charge >= 0.3 is 6.18 Å². The first-order valence-corrected chi connectivity index (χ1v) is 14.0. The van der Waals surface area contributed by atoms with Gasteiger partial charge in [-0.1, -0.05) is 47.5 Å². The Bertz CT molecular complexity index is 1260. The number of benzene rings is 2. The molecular formula is C24H23Cl2F3N2O3S2. The Morgan fingerprint density at radius 1 is 0.917 bits per heavy atom. The predicted molar refractivity (Wildman–Crippen MR) is 135 cm³/mol. The van der Waals surface area contributed by atoms with E-state index < -0.39 is 21.8 Å². The summed E-state index contributed by atoms with van der Waals surface area (Å²) < 4.78 is 72.5. The Morgan fingerprint density at radius 3 is 2.11 bits per heavy atom. The normalized spacial score (nSPS) is 16.8. The van der Waals surface area contributed by atoms with E-state index in [0.29, 0.717) is 47.6 Å². The van der Waals surface area contributed by atoms with Gasteiger partial charge in [0.2, 0.25) is 0 Å². The van der Waals surface area contributed by atoms with Crippen molar-refractivity contribution in [2.45, 2.75) is 23.1 Å². The zero-order chi connectivity index (χ0) is 25.9. The SMILES string of the molecule is O=S(=O)(c1ccc(Cl)s1)N1CCN(C[C@H](OCc2ccc(C(F)(F)F)cc2)c2ccc(Cl)cc2)CC1. The van der Waals surface area contributed by atoms with Gasteiger partial charge in [-0.05, 0) is 47.5 Å². The Balaban J connectivity index is 1.41. The van der Waals surface area contributed by atoms with Crippen LogP contribution in [0.25, 0.3) is 0 Å². The van der Waals surface area contributed by atoms with Crippen LogP contribution < -0.4 is 0 Å². The molecule has 1 aliphatic rings. The second-order valence-electron chi connectivity index (χ2n) is 8.31. The van der Waals surface area contributed by atoms with Crippen molar-refractivity contribution in [3.63, 3.8) is 0 Å². The lowest BCUT2D eigenvalue weighted by Crippen LogP contribution is -2.49. The number of ether oxygens (including phenoxy) is 1. The molecule has 1 saturated heterocycles. The number of hydrogen-bond donors (Lipinski definition) is 0. The fourth-order valence-corrected chi connectivity index (χ4v) is 7.05. The maximum Gasteiger partial charge on any atom is 0.416 e. The molecule has 12 heteroatoms. The van der Waals surface area contributed by atoms with Gasteiger partial charge < -0.3 is 4.74 Å². The van der Waals surface area contributed by atoms with E-state index in [0.717, 1.165) is 29.0 Å². The van der Waals surface area contributed by atoms with E-state index in [1.54, 1.807) is 18.2 Å². The molecule has 0 N–H and O–H groups in total. The van der Waals surface area contributed by atoms with Gasteiger partial charge in [-0.15, -0.1) is 11.3 Å². The van der Waals surface area contributed by atoms with Gasteiger partial charge in [0.05, 0.1) is 22.6 Å². The van der Waals surface area contributed by atoms with Crippen LogP contribution in [0.1, 0.15) is 22.8 Å². The Hall–Kier alpha value is -1.66. The molecule has 1 atom stereocenters. The molecule has 0 radical (unpaired) electrons. The van der Waals surface area contributed by atoms with Gasteiger partial charge in [0.25, 0.3) is 10.0 Å². The van der Waals surface area contributed by atoms with Crippen LogP contribution in [-0.4, -0.2) is 50.3 Å². The molecule has 0 saturated carbocycles. The predicted octanol–water partition coefficient (Wildman–Crippen LogP) is 6.34. The van der Waals surface area contributed by atoms with Crippen molar-refractivity contribution < 1.29 is 26.3 Å². The van der Waals surface area contributed by atoms with Gasteiger partial charge in [-0.25, -0.2) is 8.42 Å². The third-order valence-corrected chi connectivity index (χ3v) is 9.72. The highest BCUT2D eigenvalue weighted by Crippen LogP contribution is 2.31. The van der Waals surface area contributed by atoms with Gasteiger partial charge in [-0.3, -0.25) is 4.90 Å². The summed E-state index contributed by atoms with van der Waals surface area (Å²) in [5.74, 6) is 0. The van der Waals surface area contributed by atoms with Gasteiger partial charge in [0.15, 0.2) is 0 Å². The van der Waals surface area contributed by atoms with Gasteiger partial charge in [0, 0.05) is 37.7 Å². The average Bonchev–Trinajstić information content (AvgIpc) is 3.29. The molecule has 194 valence electrons. The lowest BCUT2D eigenvalue weighted by molar-refractivity contribution is -0.137. The Kier molecular flexibility index (Phi) is 8.66. The highest BCUT2D eigenvalue weighted by atomic mass is 35.5. The molecule has 0 spiro atoms. The number of nitrogens with zero attached hydrogens (tertiary/aromatic N) is 2. The summed E-state index contributed by atoms with van der Waals surface area (Å²) in [7, 11) is -3.60. The van der Waals surface area contributed by atoms with E-state index in [4.69, 9.17) is 27.9 Å². The van der Waals surface area contributed by atoms with Crippen molar-refractivity contribution in [1.29, 1.82) is 0 Å². The lowest BCUT2D eigenvalue weighted by Gasteiger charge is -2.35. The smallest absolute Gasteiger partial charge is 0.368 e. The number of sulfonamides is 1. The van der Waals surface area contributed by atoms with E-state index in [1.807, 2.05) is 12.1 Å². The maximum absolute atomic E-state index is 12.9. The molecule has 3 aromatic rings. The molecular weight excluding hydrogens is 556 g/mol. The summed E-state index contributed by atoms with van der Waals surface area (Å²) in [5.41, 5.74) is 0.778. The van der Waals surface area contributed by atoms with Crippen LogP contribution in [-0.2, 0) is 27.5 Å². The lowest BCUT2D eigenvalue weighted by atomic mass is 10.1. The number of piperazine rings is 1. The zero-order valence-electron chi connectivity index (χ0n) is 18.9. The van der Waals surface area contributed by atoms with Crippen molar-refractivity contribution in [2.24, 2.45) is 0 Å². The van der Waals surface area contributed by atoms with E-state index in [2.05, 4.69) is 4.90 Å². The quantitative estimate of drug-likeness (QED) is 0.313. The summed E-state index contributed by atoms with van der Waals surface area (Å²) in [6, 6.07) is 15.2. The van der Waals surface area contributed by atoms with Gasteiger partial charge in [-0.2, -0.15) is 17.5 Å². The zero-order valence-corrected chi connectivity index (χ0v) is 22.1. The highest BCUT2D eigenvalue weighted by molar-refractivity contribution is 7.91. The number of hydrogen-bond acceptors (Lipinski definition) is 5. The largest absolute Gasteiger partial charge is 0.416 e. The summed E-state index contributed by atoms with van der Waals surface area (Å²) in [4.78, 5) is 2.11. The molecule has 2 heterocycles. The average molecular weight is 579 g/mol. The maximum atomic E-state index is 12.9. The van der Waals surface area contributed by atoms with Crippen molar-refractivity contribution >= 4 is 44.6 Å². The molecule has 2 aromatic carbocycles. The van der Waals surface area contributed by atoms with Crippen LogP contribution in [0.4, 0.5) is 13.2 Å². The summed E-state index contributed by atoms with van der Waals surface area (Å²) in [6.07, 6.45) is -4.78. The van der Waals surface area contributed by atoms with Crippen LogP contribution in [0.15, 0.2) is 64.9 Å². The van der Waals surface area contributed by atoms with Crippen LogP contribution in [0.5, 0.6) is 0 Å². The summed E-state index contributed by atoms with van der Waals surface area (Å²) >= 11 is 13.0. The standard InChI is InChI=1S/C24H23Cl2F3N2O3S2/c25-20-7-3-18(4-8-20)21(34-16-17-1-5-19(6-2-17)24(27,28)29)15-30-11-13-31(14-12-30)36(32,33)23-10-9-22(26)35-23/h1-10,21H,11-16H2/t21-/m0/s1. The van der Waals surface area contributed by atoms with E-state index in [1.165, 1.54) is 22.5 Å². The fourth-order valence-electron chi connectivity index (χ4n) is 3.87. The summed E-state index contributed by atoms with van der Waals surface area (Å²) in [6.45, 7) is 2.27. The molecule has 0 bridgehead atoms. The van der Waals surface area contributed by atoms with Crippen LogP contribution in [0.2, 0.25) is 9.36 Å². The molecule has 0 amide bonds. The van der Waals surface area contributed by atoms with Crippen molar-refractivity contribution in [2.75, 3.05) is 32.7 Å². The summed E-state index contributed by atoms with van der Waals surface area (Å²) in [5, 5.41) is 0.577. The number of rotatable bonds is 8. The van der Waals surface area contributed by atoms with Crippen molar-refractivity contribution in [3.8, 4) is 0 Å². The van der Waals surface area contributed by atoms with Crippen LogP contribution in [0, 0.1) is 0 Å². The van der Waals surface area contributed by atoms with Crippen molar-refractivity contribution in [1.82, 2.24) is 9.21 Å². The molecule has 1 aromatic heterocycles. The first-order valence-electron chi connectivity index (χ1n) is 11.0. The second-order valence-corrected chi connectivity index (χ2v) is 12.6. The molecule has 4 rings (SSSR count). The Labute approximate surface area is 222 Å². The minimum Gasteiger partial charge on any atom is -0.368 e. The second kappa shape index (κ2) is 11.4. The molecule has 0 unspecified atom stereocenters. The van der Waals surface area contributed by atoms with E-state index >= 15 is 0 Å². The van der Waals surface area contributed by atoms with Crippen molar-refractivity contribution in [3.05, 3.63) is 86.7 Å². The monoisotopic (exact) mass is 578 g/mol. The minimum atomic E-state index is -4.39. The highest BCUT2D eigenvalue weighted by Gasteiger charge is 2.31. The van der Waals surface area contributed by atoms with Crippen LogP contribution >= 0.6 is 34.5 Å². The first-order chi connectivity index (χ1) is 17.0. The first kappa shape index (κ1) is 27.4. The third kappa shape index (κ3) is 6.80. The van der Waals surface area contributed by atoms with Crippen LogP contribution in [0.3, 0.4) is 0 Å². The molecule has 1 aliphatic heterocycles. The number of halogens is 5. The molecule has 0 aliphatic carbocycles. The molecule has 5 nitrogen and oxygen atoms in total. The molecule has 36 heavy (non-hydrogen) atoms. The number of thiophene rings is 1.